The second-order valence-electron chi connectivity index (χ2n) is 6.09. The van der Waals surface area contributed by atoms with Crippen LogP contribution in [0.5, 0.6) is 0 Å². The fourth-order valence-corrected chi connectivity index (χ4v) is 2.49. The molecule has 0 aromatic rings. The third-order valence-corrected chi connectivity index (χ3v) is 3.98. The Morgan fingerprint density at radius 2 is 2.00 bits per heavy atom. The Labute approximate surface area is 116 Å². The van der Waals surface area contributed by atoms with Crippen molar-refractivity contribution < 1.29 is 9.59 Å². The third kappa shape index (κ3) is 5.31. The smallest absolute Gasteiger partial charge is 0.237 e. The molecule has 1 saturated heterocycles. The summed E-state index contributed by atoms with van der Waals surface area (Å²) >= 11 is 0. The summed E-state index contributed by atoms with van der Waals surface area (Å²) in [6, 6.07) is -0.130. The highest BCUT2D eigenvalue weighted by Crippen LogP contribution is 2.19. The molecule has 4 nitrogen and oxygen atoms in total. The molecule has 1 N–H and O–H groups in total. The van der Waals surface area contributed by atoms with Gasteiger partial charge in [0.05, 0.1) is 6.04 Å². The Balaban J connectivity index is 2.40. The van der Waals surface area contributed by atoms with E-state index in [-0.39, 0.29) is 23.7 Å². The van der Waals surface area contributed by atoms with Gasteiger partial charge < -0.3 is 5.32 Å². The summed E-state index contributed by atoms with van der Waals surface area (Å²) in [4.78, 5) is 25.7. The summed E-state index contributed by atoms with van der Waals surface area (Å²) in [6.45, 7) is 10.3. The summed E-state index contributed by atoms with van der Waals surface area (Å²) in [7, 11) is 0. The number of piperidine rings is 1. The van der Waals surface area contributed by atoms with Gasteiger partial charge in [0.1, 0.15) is 5.78 Å². The molecule has 2 atom stereocenters. The summed E-state index contributed by atoms with van der Waals surface area (Å²) in [5.74, 6) is 1.05. The van der Waals surface area contributed by atoms with Gasteiger partial charge >= 0.3 is 0 Å². The summed E-state index contributed by atoms with van der Waals surface area (Å²) in [6.07, 6.45) is 2.98. The van der Waals surface area contributed by atoms with Crippen LogP contribution in [0.15, 0.2) is 0 Å². The van der Waals surface area contributed by atoms with E-state index in [1.165, 1.54) is 0 Å². The molecule has 0 spiro atoms. The van der Waals surface area contributed by atoms with Gasteiger partial charge in [-0.1, -0.05) is 13.8 Å². The molecule has 19 heavy (non-hydrogen) atoms. The molecule has 110 valence electrons. The highest BCUT2D eigenvalue weighted by molar-refractivity contribution is 5.82. The maximum atomic E-state index is 12.1. The van der Waals surface area contributed by atoms with Crippen molar-refractivity contribution in [2.75, 3.05) is 19.6 Å². The van der Waals surface area contributed by atoms with E-state index in [2.05, 4.69) is 24.1 Å². The number of amides is 1. The minimum atomic E-state index is -0.130. The van der Waals surface area contributed by atoms with Gasteiger partial charge in [-0.15, -0.1) is 0 Å². The fraction of sp³-hybridized carbons (Fsp3) is 0.867. The highest BCUT2D eigenvalue weighted by Gasteiger charge is 2.28. The van der Waals surface area contributed by atoms with Crippen molar-refractivity contribution in [1.29, 1.82) is 0 Å². The lowest BCUT2D eigenvalue weighted by molar-refractivity contribution is -0.129. The van der Waals surface area contributed by atoms with Crippen molar-refractivity contribution >= 4 is 11.7 Å². The first-order valence-electron chi connectivity index (χ1n) is 7.44. The highest BCUT2D eigenvalue weighted by atomic mass is 16.2. The lowest BCUT2D eigenvalue weighted by Crippen LogP contribution is -2.50. The van der Waals surface area contributed by atoms with Crippen LogP contribution in [-0.2, 0) is 9.59 Å². The van der Waals surface area contributed by atoms with E-state index in [1.54, 1.807) is 6.92 Å². The minimum Gasteiger partial charge on any atom is -0.355 e. The number of Topliss-reactive ketones (excluding diaryl/α,β-unsaturated/α-hetero) is 1. The van der Waals surface area contributed by atoms with Crippen molar-refractivity contribution in [3.8, 4) is 0 Å². The number of ketones is 1. The number of hydrogen-bond donors (Lipinski definition) is 1. The Kier molecular flexibility index (Phi) is 6.49. The quantitative estimate of drug-likeness (QED) is 0.799. The molecule has 1 aliphatic rings. The maximum absolute atomic E-state index is 12.1. The van der Waals surface area contributed by atoms with Crippen LogP contribution in [0, 0.1) is 11.8 Å². The summed E-state index contributed by atoms with van der Waals surface area (Å²) in [5, 5.41) is 2.99. The van der Waals surface area contributed by atoms with Gasteiger partial charge in [0, 0.05) is 19.0 Å². The van der Waals surface area contributed by atoms with Gasteiger partial charge in [0.2, 0.25) is 5.91 Å². The molecule has 1 heterocycles. The number of hydrogen-bond acceptors (Lipinski definition) is 3. The van der Waals surface area contributed by atoms with Crippen molar-refractivity contribution in [2.45, 2.75) is 53.0 Å². The topological polar surface area (TPSA) is 49.4 Å². The zero-order chi connectivity index (χ0) is 14.4. The Bertz CT molecular complexity index is 315. The molecule has 0 radical (unpaired) electrons. The van der Waals surface area contributed by atoms with Crippen LogP contribution < -0.4 is 5.32 Å². The fourth-order valence-electron chi connectivity index (χ4n) is 2.49. The van der Waals surface area contributed by atoms with Crippen LogP contribution in [0.2, 0.25) is 0 Å². The number of nitrogens with one attached hydrogen (secondary N) is 1. The molecule has 2 unspecified atom stereocenters. The van der Waals surface area contributed by atoms with Crippen molar-refractivity contribution in [3.63, 3.8) is 0 Å². The van der Waals surface area contributed by atoms with Gasteiger partial charge in [-0.05, 0) is 45.6 Å². The first kappa shape index (κ1) is 16.2. The lowest BCUT2D eigenvalue weighted by atomic mass is 9.93. The number of rotatable bonds is 6. The molecular weight excluding hydrogens is 240 g/mol. The molecule has 1 rings (SSSR count). The van der Waals surface area contributed by atoms with Gasteiger partial charge in [0.25, 0.3) is 0 Å². The molecule has 0 aromatic carbocycles. The number of nitrogens with zero attached hydrogens (tertiary/aromatic N) is 1. The normalized spacial score (nSPS) is 22.3. The van der Waals surface area contributed by atoms with E-state index in [4.69, 9.17) is 0 Å². The van der Waals surface area contributed by atoms with Crippen LogP contribution in [0.1, 0.15) is 47.0 Å². The predicted molar refractivity (Wildman–Crippen MR) is 76.9 cm³/mol. The summed E-state index contributed by atoms with van der Waals surface area (Å²) in [5.41, 5.74) is 0. The van der Waals surface area contributed by atoms with E-state index >= 15 is 0 Å². The molecular formula is C15H28N2O2. The first-order chi connectivity index (χ1) is 8.91. The summed E-state index contributed by atoms with van der Waals surface area (Å²) < 4.78 is 0. The second kappa shape index (κ2) is 7.63. The SMILES string of the molecule is CC(=O)C1CCCN(C(C)C(=O)NCCC(C)C)C1. The van der Waals surface area contributed by atoms with E-state index < -0.39 is 0 Å². The van der Waals surface area contributed by atoms with Crippen molar-refractivity contribution in [1.82, 2.24) is 10.2 Å². The van der Waals surface area contributed by atoms with E-state index in [9.17, 15) is 9.59 Å². The Morgan fingerprint density at radius 3 is 2.58 bits per heavy atom. The van der Waals surface area contributed by atoms with Crippen molar-refractivity contribution in [2.24, 2.45) is 11.8 Å². The zero-order valence-electron chi connectivity index (χ0n) is 12.7. The molecule has 4 heteroatoms. The van der Waals surface area contributed by atoms with Crippen LogP contribution >= 0.6 is 0 Å². The first-order valence-corrected chi connectivity index (χ1v) is 7.44. The maximum Gasteiger partial charge on any atom is 0.237 e. The number of carbonyl (C=O) groups is 2. The Morgan fingerprint density at radius 1 is 1.32 bits per heavy atom. The minimum absolute atomic E-state index is 0.0878. The lowest BCUT2D eigenvalue weighted by Gasteiger charge is -2.35. The monoisotopic (exact) mass is 268 g/mol. The molecule has 1 aliphatic heterocycles. The van der Waals surface area contributed by atoms with Gasteiger partial charge in [0.15, 0.2) is 0 Å². The molecule has 0 aromatic heterocycles. The average molecular weight is 268 g/mol. The third-order valence-electron chi connectivity index (χ3n) is 3.98. The van der Waals surface area contributed by atoms with Crippen LogP contribution in [0.4, 0.5) is 0 Å². The number of carbonyl (C=O) groups excluding carboxylic acids is 2. The van der Waals surface area contributed by atoms with E-state index in [0.717, 1.165) is 38.9 Å². The second-order valence-corrected chi connectivity index (χ2v) is 6.09. The van der Waals surface area contributed by atoms with E-state index in [0.29, 0.717) is 5.92 Å². The van der Waals surface area contributed by atoms with Gasteiger partial charge in [-0.2, -0.15) is 0 Å². The van der Waals surface area contributed by atoms with Gasteiger partial charge in [-0.3, -0.25) is 14.5 Å². The number of likely N-dealkylation sites (tertiary alicyclic amines) is 1. The zero-order valence-corrected chi connectivity index (χ0v) is 12.7. The van der Waals surface area contributed by atoms with E-state index in [1.807, 2.05) is 6.92 Å². The molecule has 0 aliphatic carbocycles. The van der Waals surface area contributed by atoms with Gasteiger partial charge in [-0.25, -0.2) is 0 Å². The van der Waals surface area contributed by atoms with Crippen LogP contribution in [-0.4, -0.2) is 42.3 Å². The molecule has 0 bridgehead atoms. The standard InChI is InChI=1S/C15H28N2O2/c1-11(2)7-8-16-15(19)12(3)17-9-5-6-14(10-17)13(4)18/h11-12,14H,5-10H2,1-4H3,(H,16,19). The molecule has 0 saturated carbocycles. The van der Waals surface area contributed by atoms with Crippen molar-refractivity contribution in [3.05, 3.63) is 0 Å². The molecule has 1 amide bonds. The van der Waals surface area contributed by atoms with Crippen LogP contribution in [0.3, 0.4) is 0 Å². The average Bonchev–Trinajstić information content (AvgIpc) is 2.37. The predicted octanol–water partition coefficient (Wildman–Crippen LogP) is 1.84. The molecule has 1 fully saturated rings. The van der Waals surface area contributed by atoms with Crippen LogP contribution in [0.25, 0.3) is 0 Å². The largest absolute Gasteiger partial charge is 0.355 e. The Hall–Kier alpha value is -0.900.